The fraction of sp³-hybridized carbons (Fsp3) is 0.500. The number of nitrogens with zero attached hydrogens (tertiary/aromatic N) is 1. The molecule has 0 spiro atoms. The normalized spacial score (nSPS) is 11.5. The maximum absolute atomic E-state index is 10.9. The van der Waals surface area contributed by atoms with Gasteiger partial charge in [0.1, 0.15) is 6.04 Å². The Morgan fingerprint density at radius 2 is 2.54 bits per heavy atom. The van der Waals surface area contributed by atoms with Crippen molar-refractivity contribution in [3.8, 4) is 0 Å². The molecule has 13 heavy (non-hydrogen) atoms. The highest BCUT2D eigenvalue weighted by Gasteiger charge is 2.14. The molecule has 0 fully saturated rings. The number of methoxy groups -OCH3 is 1. The Balaban J connectivity index is 0.00000144. The van der Waals surface area contributed by atoms with E-state index >= 15 is 0 Å². The molecule has 0 aliphatic rings. The summed E-state index contributed by atoms with van der Waals surface area (Å²) in [6.45, 7) is 0. The first-order valence-corrected chi connectivity index (χ1v) is 3.54. The molecule has 0 amide bonds. The molecule has 0 aliphatic heterocycles. The van der Waals surface area contributed by atoms with Crippen molar-refractivity contribution >= 4 is 5.97 Å². The van der Waals surface area contributed by atoms with Crippen LogP contribution in [0.15, 0.2) is 12.5 Å². The number of carbonyl (C=O) groups is 1. The zero-order valence-electron chi connectivity index (χ0n) is 6.78. The first kappa shape index (κ1) is 11.6. The Hall–Kier alpha value is -1.36. The Bertz CT molecular complexity index is 246. The molecule has 0 saturated carbocycles. The molecule has 1 heterocycles. The number of aromatic amines is 1. The number of aromatic nitrogens is 2. The van der Waals surface area contributed by atoms with Crippen LogP contribution in [0, 0.1) is 0 Å². The van der Waals surface area contributed by atoms with Crippen LogP contribution in [0.25, 0.3) is 0 Å². The molecule has 0 aromatic carbocycles. The molecule has 1 aromatic rings. The van der Waals surface area contributed by atoms with E-state index in [1.165, 1.54) is 7.11 Å². The number of esters is 1. The van der Waals surface area contributed by atoms with Gasteiger partial charge in [0, 0.05) is 18.3 Å². The highest BCUT2D eigenvalue weighted by Crippen LogP contribution is 1.96. The molecule has 3 N–H and O–H groups in total. The minimum Gasteiger partial charge on any atom is -0.468 e. The molecule has 1 rings (SSSR count). The summed E-state index contributed by atoms with van der Waals surface area (Å²) in [7, 11) is 1.31. The number of rotatable bonds is 3. The number of nitrogens with two attached hydrogens (primary N) is 1. The van der Waals surface area contributed by atoms with E-state index in [0.29, 0.717) is 6.42 Å². The van der Waals surface area contributed by atoms with Gasteiger partial charge in [-0.1, -0.05) is 7.43 Å². The Labute approximate surface area is 77.3 Å². The van der Waals surface area contributed by atoms with Crippen LogP contribution in [0.4, 0.5) is 0 Å². The molecule has 5 heteroatoms. The Morgan fingerprint density at radius 1 is 1.85 bits per heavy atom. The summed E-state index contributed by atoms with van der Waals surface area (Å²) >= 11 is 0. The molecule has 0 unspecified atom stereocenters. The van der Waals surface area contributed by atoms with Crippen molar-refractivity contribution in [2.45, 2.75) is 19.9 Å². The number of carbonyl (C=O) groups excluding carboxylic acids is 1. The van der Waals surface area contributed by atoms with E-state index in [1.54, 1.807) is 12.5 Å². The summed E-state index contributed by atoms with van der Waals surface area (Å²) in [5, 5.41) is 0. The lowest BCUT2D eigenvalue weighted by molar-refractivity contribution is -0.142. The Morgan fingerprint density at radius 3 is 3.00 bits per heavy atom. The van der Waals surface area contributed by atoms with Crippen LogP contribution >= 0.6 is 0 Å². The van der Waals surface area contributed by atoms with Gasteiger partial charge in [-0.15, -0.1) is 0 Å². The molecule has 5 nitrogen and oxygen atoms in total. The third-order valence-corrected chi connectivity index (χ3v) is 1.50. The largest absolute Gasteiger partial charge is 0.468 e. The number of ether oxygens (including phenoxy) is 1. The second-order valence-electron chi connectivity index (χ2n) is 2.41. The number of hydrogen-bond acceptors (Lipinski definition) is 4. The molecule has 0 aliphatic carbocycles. The molecular formula is C8H15N3O2. The lowest BCUT2D eigenvalue weighted by Crippen LogP contribution is -2.33. The van der Waals surface area contributed by atoms with Gasteiger partial charge in [-0.3, -0.25) is 4.79 Å². The molecular weight excluding hydrogens is 170 g/mol. The average Bonchev–Trinajstić information content (AvgIpc) is 2.55. The zero-order chi connectivity index (χ0) is 8.97. The number of H-pyrrole nitrogens is 1. The van der Waals surface area contributed by atoms with Gasteiger partial charge in [0.05, 0.1) is 13.4 Å². The fourth-order valence-corrected chi connectivity index (χ4v) is 0.868. The van der Waals surface area contributed by atoms with Crippen LogP contribution in [0.5, 0.6) is 0 Å². The van der Waals surface area contributed by atoms with Crippen molar-refractivity contribution in [1.82, 2.24) is 9.97 Å². The van der Waals surface area contributed by atoms with Crippen LogP contribution in [-0.4, -0.2) is 29.1 Å². The predicted octanol–water partition coefficient (Wildman–Crippen LogP) is 0.0886. The monoisotopic (exact) mass is 185 g/mol. The van der Waals surface area contributed by atoms with Crippen LogP contribution < -0.4 is 5.73 Å². The van der Waals surface area contributed by atoms with Crippen LogP contribution in [0.2, 0.25) is 0 Å². The second-order valence-corrected chi connectivity index (χ2v) is 2.41. The third kappa shape index (κ3) is 3.25. The SMILES string of the molecule is C.COC(=O)[C@@H](N)Cc1cnc[nH]1. The highest BCUT2D eigenvalue weighted by atomic mass is 16.5. The first-order valence-electron chi connectivity index (χ1n) is 3.54. The lowest BCUT2D eigenvalue weighted by Gasteiger charge is -2.06. The molecule has 0 bridgehead atoms. The lowest BCUT2D eigenvalue weighted by atomic mass is 10.2. The van der Waals surface area contributed by atoms with Crippen LogP contribution in [0.1, 0.15) is 13.1 Å². The van der Waals surface area contributed by atoms with Gasteiger partial charge < -0.3 is 15.5 Å². The minimum absolute atomic E-state index is 0. The summed E-state index contributed by atoms with van der Waals surface area (Å²) in [5.74, 6) is -0.412. The van der Waals surface area contributed by atoms with Crippen molar-refractivity contribution in [2.75, 3.05) is 7.11 Å². The topological polar surface area (TPSA) is 81.0 Å². The summed E-state index contributed by atoms with van der Waals surface area (Å²) in [6.07, 6.45) is 3.59. The summed E-state index contributed by atoms with van der Waals surface area (Å²) in [6, 6.07) is -0.615. The second kappa shape index (κ2) is 5.31. The molecule has 1 atom stereocenters. The predicted molar refractivity (Wildman–Crippen MR) is 49.0 cm³/mol. The van der Waals surface area contributed by atoms with Crippen molar-refractivity contribution in [2.24, 2.45) is 5.73 Å². The van der Waals surface area contributed by atoms with Crippen LogP contribution in [-0.2, 0) is 16.0 Å². The maximum atomic E-state index is 10.9. The van der Waals surface area contributed by atoms with E-state index in [1.807, 2.05) is 0 Å². The smallest absolute Gasteiger partial charge is 0.323 e. The molecule has 1 aromatic heterocycles. The van der Waals surface area contributed by atoms with Crippen molar-refractivity contribution < 1.29 is 9.53 Å². The average molecular weight is 185 g/mol. The van der Waals surface area contributed by atoms with Gasteiger partial charge in [-0.2, -0.15) is 0 Å². The van der Waals surface area contributed by atoms with Crippen molar-refractivity contribution in [1.29, 1.82) is 0 Å². The van der Waals surface area contributed by atoms with Crippen molar-refractivity contribution in [3.05, 3.63) is 18.2 Å². The van der Waals surface area contributed by atoms with Gasteiger partial charge in [-0.25, -0.2) is 4.98 Å². The van der Waals surface area contributed by atoms with E-state index in [9.17, 15) is 4.79 Å². The number of hydrogen-bond donors (Lipinski definition) is 2. The highest BCUT2D eigenvalue weighted by molar-refractivity contribution is 5.75. The first-order chi connectivity index (χ1) is 5.74. The van der Waals surface area contributed by atoms with Gasteiger partial charge in [0.15, 0.2) is 0 Å². The minimum atomic E-state index is -0.615. The van der Waals surface area contributed by atoms with Gasteiger partial charge in [-0.05, 0) is 0 Å². The standard InChI is InChI=1S/C7H11N3O2.CH4/c1-12-7(11)6(8)2-5-3-9-4-10-5;/h3-4,6H,2,8H2,1H3,(H,9,10);1H4/t6-;/m0./s1. The van der Waals surface area contributed by atoms with Gasteiger partial charge >= 0.3 is 5.97 Å². The summed E-state index contributed by atoms with van der Waals surface area (Å²) in [5.41, 5.74) is 6.32. The van der Waals surface area contributed by atoms with E-state index < -0.39 is 12.0 Å². The van der Waals surface area contributed by atoms with Crippen LogP contribution in [0.3, 0.4) is 0 Å². The van der Waals surface area contributed by atoms with E-state index in [-0.39, 0.29) is 7.43 Å². The molecule has 74 valence electrons. The summed E-state index contributed by atoms with van der Waals surface area (Å²) < 4.78 is 4.46. The fourth-order valence-electron chi connectivity index (χ4n) is 0.868. The van der Waals surface area contributed by atoms with Gasteiger partial charge in [0.2, 0.25) is 0 Å². The quantitative estimate of drug-likeness (QED) is 0.654. The molecule has 0 radical (unpaired) electrons. The maximum Gasteiger partial charge on any atom is 0.323 e. The summed E-state index contributed by atoms with van der Waals surface area (Å²) in [4.78, 5) is 17.5. The third-order valence-electron chi connectivity index (χ3n) is 1.50. The van der Waals surface area contributed by atoms with Gasteiger partial charge in [0.25, 0.3) is 0 Å². The zero-order valence-corrected chi connectivity index (χ0v) is 6.78. The van der Waals surface area contributed by atoms with Crippen molar-refractivity contribution in [3.63, 3.8) is 0 Å². The van der Waals surface area contributed by atoms with E-state index in [4.69, 9.17) is 5.73 Å². The van der Waals surface area contributed by atoms with E-state index in [0.717, 1.165) is 5.69 Å². The number of imidazole rings is 1. The Kier molecular flexibility index (Phi) is 4.76. The van der Waals surface area contributed by atoms with E-state index in [2.05, 4.69) is 14.7 Å². The molecule has 0 saturated heterocycles. The number of nitrogens with one attached hydrogen (secondary N) is 1.